The van der Waals surface area contributed by atoms with Gasteiger partial charge in [-0.15, -0.1) is 0 Å². The highest BCUT2D eigenvalue weighted by Crippen LogP contribution is 2.19. The van der Waals surface area contributed by atoms with Crippen molar-refractivity contribution >= 4 is 29.4 Å². The van der Waals surface area contributed by atoms with Crippen molar-refractivity contribution in [3.8, 4) is 0 Å². The second kappa shape index (κ2) is 32.0. The van der Waals surface area contributed by atoms with Gasteiger partial charge in [0.05, 0.1) is 6.04 Å². The van der Waals surface area contributed by atoms with E-state index in [1.807, 2.05) is 0 Å². The first-order chi connectivity index (χ1) is 24.8. The van der Waals surface area contributed by atoms with Crippen molar-refractivity contribution in [2.75, 3.05) is 13.1 Å². The Morgan fingerprint density at radius 3 is 1.21 bits per heavy atom. The highest BCUT2D eigenvalue weighted by Gasteiger charge is 2.30. The topological polar surface area (TPSA) is 133 Å². The smallest absolute Gasteiger partial charge is 0.243 e. The van der Waals surface area contributed by atoms with Crippen molar-refractivity contribution in [2.24, 2.45) is 23.7 Å². The number of carbonyl (C=O) groups is 5. The first kappa shape index (κ1) is 49.6. The molecule has 9 nitrogen and oxygen atoms in total. The van der Waals surface area contributed by atoms with E-state index in [0.29, 0.717) is 82.2 Å². The lowest BCUT2D eigenvalue weighted by atomic mass is 9.87. The molecule has 0 spiro atoms. The summed E-state index contributed by atoms with van der Waals surface area (Å²) >= 11 is 0. The number of Topliss-reactive ketones (excluding diaryl/α,β-unsaturated/α-hetero) is 1. The van der Waals surface area contributed by atoms with Crippen LogP contribution < -0.4 is 21.3 Å². The van der Waals surface area contributed by atoms with Crippen molar-refractivity contribution < 1.29 is 24.0 Å². The average molecular weight is 735 g/mol. The lowest BCUT2D eigenvalue weighted by Crippen LogP contribution is -2.52. The number of unbranched alkanes of at least 4 members (excludes halogenated alkanes) is 5. The van der Waals surface area contributed by atoms with Gasteiger partial charge >= 0.3 is 0 Å². The molecule has 0 saturated heterocycles. The summed E-state index contributed by atoms with van der Waals surface area (Å²) in [4.78, 5) is 65.3. The largest absolute Gasteiger partial charge is 0.356 e. The summed E-state index contributed by atoms with van der Waals surface area (Å²) in [6.45, 7) is 18.4. The average Bonchev–Trinajstić information content (AvgIpc) is 3.08. The Bertz CT molecular complexity index is 961. The monoisotopic (exact) mass is 735 g/mol. The summed E-state index contributed by atoms with van der Waals surface area (Å²) in [7, 11) is 0. The predicted molar refractivity (Wildman–Crippen MR) is 216 cm³/mol. The molecular formula is C43H82N4O5. The van der Waals surface area contributed by atoms with Crippen molar-refractivity contribution in [3.63, 3.8) is 0 Å². The standard InChI is InChI=1S/C43H82N4O5/c1-9-21-36(22-10-2)42(51)37(26-17-19-31-44-39(48)28-14-11-23-33(3)4)47-43(52)38(46-41(50)30-16-13-25-35(7)8)27-18-20-32-45-40(49)29-15-12-24-34(5)6/h33-38H,9-32H2,1-8H3,(H,44,48)(H,45,49)(H,46,50)(H,47,52). The molecule has 0 fully saturated rings. The van der Waals surface area contributed by atoms with Crippen LogP contribution in [0, 0.1) is 23.7 Å². The Hall–Kier alpha value is -2.45. The number of rotatable bonds is 34. The van der Waals surface area contributed by atoms with E-state index < -0.39 is 12.1 Å². The van der Waals surface area contributed by atoms with Gasteiger partial charge in [0.25, 0.3) is 0 Å². The van der Waals surface area contributed by atoms with Gasteiger partial charge in [0, 0.05) is 38.3 Å². The number of nitrogens with one attached hydrogen (secondary N) is 4. The quantitative estimate of drug-likeness (QED) is 0.0490. The van der Waals surface area contributed by atoms with Crippen molar-refractivity contribution in [2.45, 2.75) is 209 Å². The Labute approximate surface area is 319 Å². The summed E-state index contributed by atoms with van der Waals surface area (Å²) in [5.74, 6) is 1.49. The fourth-order valence-electron chi connectivity index (χ4n) is 6.60. The molecule has 0 rings (SSSR count). The Balaban J connectivity index is 5.41. The van der Waals surface area contributed by atoms with Crippen LogP contribution in [0.4, 0.5) is 0 Å². The van der Waals surface area contributed by atoms with Gasteiger partial charge in [-0.2, -0.15) is 0 Å². The minimum absolute atomic E-state index is 0.0593. The van der Waals surface area contributed by atoms with Crippen LogP contribution in [0.5, 0.6) is 0 Å². The molecule has 4 amide bonds. The molecule has 2 unspecified atom stereocenters. The molecule has 0 saturated carbocycles. The second-order valence-electron chi connectivity index (χ2n) is 16.5. The Morgan fingerprint density at radius 1 is 0.423 bits per heavy atom. The highest BCUT2D eigenvalue weighted by molar-refractivity contribution is 5.93. The maximum absolute atomic E-state index is 13.9. The number of hydrogen-bond acceptors (Lipinski definition) is 5. The van der Waals surface area contributed by atoms with Crippen LogP contribution in [-0.4, -0.2) is 54.6 Å². The molecule has 0 aliphatic carbocycles. The van der Waals surface area contributed by atoms with Crippen molar-refractivity contribution in [1.82, 2.24) is 21.3 Å². The van der Waals surface area contributed by atoms with E-state index in [1.165, 1.54) is 0 Å². The molecule has 2 atom stereocenters. The van der Waals surface area contributed by atoms with E-state index in [1.54, 1.807) is 0 Å². The molecule has 0 aliphatic rings. The lowest BCUT2D eigenvalue weighted by molar-refractivity contribution is -0.133. The first-order valence-electron chi connectivity index (χ1n) is 21.5. The SMILES string of the molecule is CCCC(CCC)C(=O)C(CCCCNC(=O)CCCCC(C)C)NC(=O)C(CCCCNC(=O)CCCCC(C)C)NC(=O)CCCCC(C)C. The van der Waals surface area contributed by atoms with E-state index in [0.717, 1.165) is 89.9 Å². The number of hydrogen-bond donors (Lipinski definition) is 4. The van der Waals surface area contributed by atoms with Gasteiger partial charge in [-0.25, -0.2) is 0 Å². The third kappa shape index (κ3) is 28.1. The molecule has 0 bridgehead atoms. The molecule has 52 heavy (non-hydrogen) atoms. The molecule has 0 aliphatic heterocycles. The highest BCUT2D eigenvalue weighted by atomic mass is 16.2. The van der Waals surface area contributed by atoms with Crippen LogP contribution in [-0.2, 0) is 24.0 Å². The molecule has 0 aromatic carbocycles. The molecular weight excluding hydrogens is 652 g/mol. The molecule has 9 heteroatoms. The summed E-state index contributed by atoms with van der Waals surface area (Å²) in [5, 5.41) is 12.1. The van der Waals surface area contributed by atoms with E-state index in [4.69, 9.17) is 0 Å². The fraction of sp³-hybridized carbons (Fsp3) is 0.884. The molecule has 0 aromatic heterocycles. The normalized spacial score (nSPS) is 12.7. The summed E-state index contributed by atoms with van der Waals surface area (Å²) in [5.41, 5.74) is 0. The van der Waals surface area contributed by atoms with Crippen molar-refractivity contribution in [3.05, 3.63) is 0 Å². The van der Waals surface area contributed by atoms with E-state index in [2.05, 4.69) is 76.7 Å². The zero-order valence-corrected chi connectivity index (χ0v) is 35.0. The third-order valence-electron chi connectivity index (χ3n) is 9.78. The van der Waals surface area contributed by atoms with Gasteiger partial charge in [-0.3, -0.25) is 24.0 Å². The van der Waals surface area contributed by atoms with Crippen LogP contribution in [0.2, 0.25) is 0 Å². The fourth-order valence-corrected chi connectivity index (χ4v) is 6.60. The molecule has 0 heterocycles. The van der Waals surface area contributed by atoms with Gasteiger partial charge < -0.3 is 21.3 Å². The summed E-state index contributed by atoms with van der Waals surface area (Å²) < 4.78 is 0. The van der Waals surface area contributed by atoms with Gasteiger partial charge in [-0.05, 0) is 88.4 Å². The van der Waals surface area contributed by atoms with Gasteiger partial charge in [0.2, 0.25) is 23.6 Å². The number of amides is 4. The van der Waals surface area contributed by atoms with Gasteiger partial charge in [-0.1, -0.05) is 107 Å². The minimum Gasteiger partial charge on any atom is -0.356 e. The van der Waals surface area contributed by atoms with Crippen LogP contribution in [0.1, 0.15) is 197 Å². The minimum atomic E-state index is -0.745. The number of ketones is 1. The first-order valence-corrected chi connectivity index (χ1v) is 21.5. The summed E-state index contributed by atoms with van der Waals surface area (Å²) in [6, 6.07) is -1.38. The van der Waals surface area contributed by atoms with Crippen LogP contribution in [0.15, 0.2) is 0 Å². The third-order valence-corrected chi connectivity index (χ3v) is 9.78. The predicted octanol–water partition coefficient (Wildman–Crippen LogP) is 8.96. The molecule has 0 radical (unpaired) electrons. The van der Waals surface area contributed by atoms with Crippen molar-refractivity contribution in [1.29, 1.82) is 0 Å². The van der Waals surface area contributed by atoms with Crippen LogP contribution in [0.25, 0.3) is 0 Å². The lowest BCUT2D eigenvalue weighted by Gasteiger charge is -2.26. The summed E-state index contributed by atoms with van der Waals surface area (Å²) in [6.07, 6.45) is 17.4. The second-order valence-corrected chi connectivity index (χ2v) is 16.5. The van der Waals surface area contributed by atoms with E-state index in [-0.39, 0.29) is 35.3 Å². The molecule has 304 valence electrons. The molecule has 0 aromatic rings. The number of carbonyl (C=O) groups excluding carboxylic acids is 5. The Kier molecular flexibility index (Phi) is 30.5. The Morgan fingerprint density at radius 2 is 0.808 bits per heavy atom. The zero-order valence-electron chi connectivity index (χ0n) is 35.0. The maximum Gasteiger partial charge on any atom is 0.243 e. The van der Waals surface area contributed by atoms with Crippen LogP contribution in [0.3, 0.4) is 0 Å². The maximum atomic E-state index is 13.9. The van der Waals surface area contributed by atoms with E-state index in [9.17, 15) is 24.0 Å². The molecule has 4 N–H and O–H groups in total. The van der Waals surface area contributed by atoms with Gasteiger partial charge in [0.1, 0.15) is 6.04 Å². The van der Waals surface area contributed by atoms with E-state index >= 15 is 0 Å². The van der Waals surface area contributed by atoms with Gasteiger partial charge in [0.15, 0.2) is 5.78 Å². The van der Waals surface area contributed by atoms with Crippen LogP contribution >= 0.6 is 0 Å². The zero-order chi connectivity index (χ0) is 39.1.